The van der Waals surface area contributed by atoms with Crippen LogP contribution in [0.5, 0.6) is 0 Å². The van der Waals surface area contributed by atoms with Crippen LogP contribution in [-0.2, 0) is 25.5 Å². The summed E-state index contributed by atoms with van der Waals surface area (Å²) >= 11 is 0. The van der Waals surface area contributed by atoms with Crippen molar-refractivity contribution in [2.75, 3.05) is 13.2 Å². The van der Waals surface area contributed by atoms with Gasteiger partial charge in [0, 0.05) is 31.7 Å². The second-order valence-corrected chi connectivity index (χ2v) is 8.88. The Morgan fingerprint density at radius 3 is 2.22 bits per heavy atom. The van der Waals surface area contributed by atoms with Crippen LogP contribution in [0.3, 0.4) is 0 Å². The van der Waals surface area contributed by atoms with Crippen molar-refractivity contribution >= 4 is 11.9 Å². The van der Waals surface area contributed by atoms with E-state index in [4.69, 9.17) is 9.47 Å². The summed E-state index contributed by atoms with van der Waals surface area (Å²) in [6, 6.07) is 4.35. The number of carbonyl (C=O) groups excluding carboxylic acids is 2. The summed E-state index contributed by atoms with van der Waals surface area (Å²) in [5.74, 6) is 0.0210. The number of rotatable bonds is 19. The minimum absolute atomic E-state index is 0.184. The monoisotopic (exact) mass is 447 g/mol. The molecule has 0 fully saturated rings. The molecule has 5 heteroatoms. The minimum Gasteiger partial charge on any atom is -0.466 e. The molecule has 5 nitrogen and oxygen atoms in total. The Hall–Kier alpha value is -1.91. The lowest BCUT2D eigenvalue weighted by molar-refractivity contribution is -0.145. The van der Waals surface area contributed by atoms with Crippen molar-refractivity contribution in [2.45, 2.75) is 117 Å². The van der Waals surface area contributed by atoms with Crippen LogP contribution in [0.1, 0.15) is 121 Å². The molecule has 0 aliphatic carbocycles. The lowest BCUT2D eigenvalue weighted by atomic mass is 9.97. The molecule has 1 aromatic rings. The van der Waals surface area contributed by atoms with E-state index in [2.05, 4.69) is 31.0 Å². The lowest BCUT2D eigenvalue weighted by Crippen LogP contribution is -2.09. The van der Waals surface area contributed by atoms with E-state index < -0.39 is 0 Å². The molecule has 0 saturated carbocycles. The van der Waals surface area contributed by atoms with Crippen LogP contribution < -0.4 is 0 Å². The van der Waals surface area contributed by atoms with Crippen LogP contribution in [-0.4, -0.2) is 30.1 Å². The molecule has 1 rings (SSSR count). The standard InChI is InChI=1S/C27H45NO4/c1-4-5-6-7-8-9-10-11-15-23(2)26-19-18-25(22-28-26)16-12-13-17-27(30)32-21-14-20-31-24(3)29/h18-19,22-23H,4-17,20-21H2,1-3H3. The van der Waals surface area contributed by atoms with Gasteiger partial charge >= 0.3 is 11.9 Å². The minimum atomic E-state index is -0.309. The van der Waals surface area contributed by atoms with Gasteiger partial charge in [-0.15, -0.1) is 0 Å². The fraction of sp³-hybridized carbons (Fsp3) is 0.741. The third kappa shape index (κ3) is 15.0. The van der Waals surface area contributed by atoms with Gasteiger partial charge in [-0.1, -0.05) is 71.3 Å². The Morgan fingerprint density at radius 1 is 0.875 bits per heavy atom. The largest absolute Gasteiger partial charge is 0.466 e. The average Bonchev–Trinajstić information content (AvgIpc) is 2.78. The number of hydrogen-bond donors (Lipinski definition) is 0. The second kappa shape index (κ2) is 18.6. The molecule has 1 atom stereocenters. The quantitative estimate of drug-likeness (QED) is 0.170. The average molecular weight is 448 g/mol. The zero-order valence-corrected chi connectivity index (χ0v) is 20.7. The third-order valence-electron chi connectivity index (χ3n) is 5.80. The molecule has 0 saturated heterocycles. The van der Waals surface area contributed by atoms with Gasteiger partial charge in [0.2, 0.25) is 0 Å². The molecule has 0 aliphatic heterocycles. The van der Waals surface area contributed by atoms with Crippen LogP contribution in [0.25, 0.3) is 0 Å². The molecule has 182 valence electrons. The molecule has 0 spiro atoms. The first kappa shape index (κ1) is 28.1. The third-order valence-corrected chi connectivity index (χ3v) is 5.80. The number of nitrogens with zero attached hydrogens (tertiary/aromatic N) is 1. The summed E-state index contributed by atoms with van der Waals surface area (Å²) in [5.41, 5.74) is 2.41. The highest BCUT2D eigenvalue weighted by Gasteiger charge is 2.08. The highest BCUT2D eigenvalue weighted by Crippen LogP contribution is 2.21. The van der Waals surface area contributed by atoms with E-state index in [1.54, 1.807) is 0 Å². The van der Waals surface area contributed by atoms with Gasteiger partial charge in [0.05, 0.1) is 13.2 Å². The molecular formula is C27H45NO4. The molecule has 0 bridgehead atoms. The summed E-state index contributed by atoms with van der Waals surface area (Å²) in [6.45, 7) is 6.51. The maximum absolute atomic E-state index is 11.7. The van der Waals surface area contributed by atoms with Gasteiger partial charge in [0.1, 0.15) is 0 Å². The van der Waals surface area contributed by atoms with Gasteiger partial charge in [0.15, 0.2) is 0 Å². The summed E-state index contributed by atoms with van der Waals surface area (Å²) in [6.07, 6.45) is 17.7. The highest BCUT2D eigenvalue weighted by molar-refractivity contribution is 5.69. The van der Waals surface area contributed by atoms with Crippen molar-refractivity contribution < 1.29 is 19.1 Å². The van der Waals surface area contributed by atoms with Crippen molar-refractivity contribution in [2.24, 2.45) is 0 Å². The molecule has 1 unspecified atom stereocenters. The van der Waals surface area contributed by atoms with Crippen LogP contribution >= 0.6 is 0 Å². The first-order valence-electron chi connectivity index (χ1n) is 12.8. The number of carbonyl (C=O) groups is 2. The second-order valence-electron chi connectivity index (χ2n) is 8.88. The van der Waals surface area contributed by atoms with E-state index >= 15 is 0 Å². The van der Waals surface area contributed by atoms with Crippen molar-refractivity contribution in [3.63, 3.8) is 0 Å². The van der Waals surface area contributed by atoms with Gasteiger partial charge in [-0.25, -0.2) is 0 Å². The number of aryl methyl sites for hydroxylation is 1. The van der Waals surface area contributed by atoms with Gasteiger partial charge in [-0.2, -0.15) is 0 Å². The van der Waals surface area contributed by atoms with E-state index in [1.807, 2.05) is 6.20 Å². The number of unbranched alkanes of at least 4 members (excludes halogenated alkanes) is 8. The Bertz CT molecular complexity index is 615. The van der Waals surface area contributed by atoms with Crippen LogP contribution in [0.15, 0.2) is 18.3 Å². The first-order chi connectivity index (χ1) is 15.5. The van der Waals surface area contributed by atoms with Crippen molar-refractivity contribution in [1.29, 1.82) is 0 Å². The molecule has 0 amide bonds. The predicted octanol–water partition coefficient (Wildman–Crippen LogP) is 6.93. The van der Waals surface area contributed by atoms with Gasteiger partial charge in [0.25, 0.3) is 0 Å². The summed E-state index contributed by atoms with van der Waals surface area (Å²) in [5, 5.41) is 0. The van der Waals surface area contributed by atoms with Crippen LogP contribution in [0.2, 0.25) is 0 Å². The van der Waals surface area contributed by atoms with E-state index in [1.165, 1.54) is 76.0 Å². The maximum atomic E-state index is 11.7. The summed E-state index contributed by atoms with van der Waals surface area (Å²) in [7, 11) is 0. The molecule has 1 heterocycles. The van der Waals surface area contributed by atoms with E-state index in [-0.39, 0.29) is 11.9 Å². The zero-order valence-electron chi connectivity index (χ0n) is 20.7. The van der Waals surface area contributed by atoms with Crippen molar-refractivity contribution in [3.05, 3.63) is 29.6 Å². The molecule has 0 aromatic carbocycles. The molecule has 32 heavy (non-hydrogen) atoms. The first-order valence-corrected chi connectivity index (χ1v) is 12.8. The Balaban J connectivity index is 2.09. The van der Waals surface area contributed by atoms with E-state index in [0.717, 1.165) is 19.3 Å². The lowest BCUT2D eigenvalue weighted by Gasteiger charge is -2.11. The number of esters is 2. The van der Waals surface area contributed by atoms with Crippen LogP contribution in [0.4, 0.5) is 0 Å². The van der Waals surface area contributed by atoms with E-state index in [9.17, 15) is 9.59 Å². The Labute approximate surface area is 195 Å². The van der Waals surface area contributed by atoms with Gasteiger partial charge in [-0.3, -0.25) is 14.6 Å². The maximum Gasteiger partial charge on any atom is 0.305 e. The molecule has 0 aliphatic rings. The predicted molar refractivity (Wildman–Crippen MR) is 130 cm³/mol. The number of aromatic nitrogens is 1. The van der Waals surface area contributed by atoms with Crippen LogP contribution in [0, 0.1) is 0 Å². The van der Waals surface area contributed by atoms with Crippen molar-refractivity contribution in [1.82, 2.24) is 4.98 Å². The number of pyridine rings is 1. The Kier molecular flexibility index (Phi) is 16.4. The molecule has 1 aromatic heterocycles. The summed E-state index contributed by atoms with van der Waals surface area (Å²) < 4.78 is 9.95. The Morgan fingerprint density at radius 2 is 1.56 bits per heavy atom. The number of hydrogen-bond acceptors (Lipinski definition) is 5. The molecule has 0 N–H and O–H groups in total. The fourth-order valence-corrected chi connectivity index (χ4v) is 3.74. The summed E-state index contributed by atoms with van der Waals surface area (Å²) in [4.78, 5) is 27.0. The number of ether oxygens (including phenoxy) is 2. The van der Waals surface area contributed by atoms with Crippen molar-refractivity contribution in [3.8, 4) is 0 Å². The zero-order chi connectivity index (χ0) is 23.4. The normalized spacial score (nSPS) is 11.8. The highest BCUT2D eigenvalue weighted by atomic mass is 16.5. The molecule has 0 radical (unpaired) electrons. The van der Waals surface area contributed by atoms with E-state index in [0.29, 0.717) is 32.0 Å². The van der Waals surface area contributed by atoms with Gasteiger partial charge in [-0.05, 0) is 43.2 Å². The van der Waals surface area contributed by atoms with Gasteiger partial charge < -0.3 is 9.47 Å². The SMILES string of the molecule is CCCCCCCCCCC(C)c1ccc(CCCCC(=O)OCCCOC(C)=O)cn1. The smallest absolute Gasteiger partial charge is 0.305 e. The molecular weight excluding hydrogens is 402 g/mol. The fourth-order valence-electron chi connectivity index (χ4n) is 3.74. The topological polar surface area (TPSA) is 65.5 Å².